The van der Waals surface area contributed by atoms with E-state index in [0.717, 1.165) is 30.0 Å². The number of hydrogen-bond donors (Lipinski definition) is 2. The van der Waals surface area contributed by atoms with Gasteiger partial charge < -0.3 is 14.6 Å². The summed E-state index contributed by atoms with van der Waals surface area (Å²) in [6.45, 7) is 1.83. The summed E-state index contributed by atoms with van der Waals surface area (Å²) in [5, 5.41) is 9.55. The normalized spacial score (nSPS) is 20.0. The molecule has 0 spiro atoms. The summed E-state index contributed by atoms with van der Waals surface area (Å²) in [6.07, 6.45) is 14.5. The first-order valence-corrected chi connectivity index (χ1v) is 12.9. The second-order valence-electron chi connectivity index (χ2n) is 9.21. The SMILES string of the molecule is CCCCCCCCCCCCCCCC(=O)OC1CC(n2cc(F)c(=O)[nH]c2=O)OC1CO. The first-order chi connectivity index (χ1) is 16.5. The highest BCUT2D eigenvalue weighted by Crippen LogP contribution is 2.30. The highest BCUT2D eigenvalue weighted by molar-refractivity contribution is 5.69. The summed E-state index contributed by atoms with van der Waals surface area (Å²) >= 11 is 0. The summed E-state index contributed by atoms with van der Waals surface area (Å²) in [5.41, 5.74) is -1.94. The van der Waals surface area contributed by atoms with Gasteiger partial charge in [0.2, 0.25) is 5.82 Å². The molecule has 1 aliphatic heterocycles. The molecular weight excluding hydrogens is 443 g/mol. The molecule has 1 fully saturated rings. The number of carbonyl (C=O) groups excluding carboxylic acids is 1. The lowest BCUT2D eigenvalue weighted by molar-refractivity contribution is -0.153. The summed E-state index contributed by atoms with van der Waals surface area (Å²) in [4.78, 5) is 37.3. The number of esters is 1. The molecule has 0 amide bonds. The van der Waals surface area contributed by atoms with Crippen LogP contribution in [0.15, 0.2) is 15.8 Å². The lowest BCUT2D eigenvalue weighted by Crippen LogP contribution is -2.34. The molecule has 194 valence electrons. The van der Waals surface area contributed by atoms with E-state index in [4.69, 9.17) is 9.47 Å². The van der Waals surface area contributed by atoms with Crippen molar-refractivity contribution in [1.29, 1.82) is 0 Å². The van der Waals surface area contributed by atoms with E-state index in [-0.39, 0.29) is 18.8 Å². The Morgan fingerprint density at radius 2 is 1.62 bits per heavy atom. The van der Waals surface area contributed by atoms with Gasteiger partial charge in [0.05, 0.1) is 12.8 Å². The Morgan fingerprint density at radius 1 is 1.06 bits per heavy atom. The lowest BCUT2D eigenvalue weighted by atomic mass is 10.0. The molecule has 2 rings (SSSR count). The molecular formula is C25H41FN2O6. The smallest absolute Gasteiger partial charge is 0.330 e. The predicted octanol–water partition coefficient (Wildman–Crippen LogP) is 4.35. The fourth-order valence-electron chi connectivity index (χ4n) is 4.35. The maximum atomic E-state index is 13.6. The van der Waals surface area contributed by atoms with E-state index < -0.39 is 42.1 Å². The van der Waals surface area contributed by atoms with E-state index in [9.17, 15) is 23.9 Å². The molecule has 2 heterocycles. The largest absolute Gasteiger partial charge is 0.459 e. The molecule has 3 unspecified atom stereocenters. The van der Waals surface area contributed by atoms with Crippen LogP contribution in [0.3, 0.4) is 0 Å². The van der Waals surface area contributed by atoms with Crippen LogP contribution < -0.4 is 11.2 Å². The van der Waals surface area contributed by atoms with Crippen LogP contribution in [0.5, 0.6) is 0 Å². The van der Waals surface area contributed by atoms with Gasteiger partial charge in [0, 0.05) is 12.8 Å². The third-order valence-electron chi connectivity index (χ3n) is 6.36. The van der Waals surface area contributed by atoms with E-state index in [1.165, 1.54) is 64.2 Å². The van der Waals surface area contributed by atoms with Crippen molar-refractivity contribution in [2.75, 3.05) is 6.61 Å². The van der Waals surface area contributed by atoms with Gasteiger partial charge in [0.1, 0.15) is 18.4 Å². The van der Waals surface area contributed by atoms with Crippen molar-refractivity contribution in [3.8, 4) is 0 Å². The van der Waals surface area contributed by atoms with Crippen molar-refractivity contribution in [3.63, 3.8) is 0 Å². The minimum Gasteiger partial charge on any atom is -0.459 e. The fourth-order valence-corrected chi connectivity index (χ4v) is 4.35. The van der Waals surface area contributed by atoms with Crippen molar-refractivity contribution in [2.24, 2.45) is 0 Å². The molecule has 1 aromatic heterocycles. The van der Waals surface area contributed by atoms with E-state index in [2.05, 4.69) is 6.92 Å². The first-order valence-electron chi connectivity index (χ1n) is 12.9. The van der Waals surface area contributed by atoms with Crippen LogP contribution in [-0.4, -0.2) is 39.4 Å². The van der Waals surface area contributed by atoms with Crippen LogP contribution in [0.25, 0.3) is 0 Å². The van der Waals surface area contributed by atoms with E-state index >= 15 is 0 Å². The molecule has 34 heavy (non-hydrogen) atoms. The fraction of sp³-hybridized carbons (Fsp3) is 0.800. The molecule has 0 saturated carbocycles. The van der Waals surface area contributed by atoms with Crippen molar-refractivity contribution in [1.82, 2.24) is 9.55 Å². The van der Waals surface area contributed by atoms with E-state index in [1.54, 1.807) is 0 Å². The Kier molecular flexibility index (Phi) is 13.1. The highest BCUT2D eigenvalue weighted by atomic mass is 19.1. The molecule has 0 radical (unpaired) electrons. The third kappa shape index (κ3) is 9.70. The molecule has 1 saturated heterocycles. The van der Waals surface area contributed by atoms with Crippen LogP contribution >= 0.6 is 0 Å². The average molecular weight is 485 g/mol. The number of aliphatic hydroxyl groups is 1. The zero-order valence-corrected chi connectivity index (χ0v) is 20.4. The number of aromatic amines is 1. The Balaban J connectivity index is 1.59. The van der Waals surface area contributed by atoms with Gasteiger partial charge >= 0.3 is 11.7 Å². The van der Waals surface area contributed by atoms with Gasteiger partial charge in [-0.25, -0.2) is 4.79 Å². The zero-order chi connectivity index (χ0) is 24.8. The number of nitrogens with one attached hydrogen (secondary N) is 1. The minimum absolute atomic E-state index is 0.0843. The molecule has 3 atom stereocenters. The van der Waals surface area contributed by atoms with E-state index in [0.29, 0.717) is 0 Å². The first kappa shape index (κ1) is 28.2. The van der Waals surface area contributed by atoms with Gasteiger partial charge in [-0.05, 0) is 6.42 Å². The maximum absolute atomic E-state index is 13.6. The number of hydrogen-bond acceptors (Lipinski definition) is 6. The molecule has 0 aromatic carbocycles. The number of aliphatic hydroxyl groups excluding tert-OH is 1. The Labute approximate surface area is 200 Å². The molecule has 1 aliphatic rings. The second kappa shape index (κ2) is 15.8. The minimum atomic E-state index is -1.12. The quantitative estimate of drug-likeness (QED) is 0.251. The van der Waals surface area contributed by atoms with Gasteiger partial charge in [-0.15, -0.1) is 0 Å². The maximum Gasteiger partial charge on any atom is 0.330 e. The van der Waals surface area contributed by atoms with Crippen LogP contribution in [0.4, 0.5) is 4.39 Å². The number of halogens is 1. The second-order valence-corrected chi connectivity index (χ2v) is 9.21. The topological polar surface area (TPSA) is 111 Å². The van der Waals surface area contributed by atoms with Gasteiger partial charge in [0.15, 0.2) is 0 Å². The lowest BCUT2D eigenvalue weighted by Gasteiger charge is -2.16. The van der Waals surface area contributed by atoms with Gasteiger partial charge in [-0.1, -0.05) is 84.0 Å². The summed E-state index contributed by atoms with van der Waals surface area (Å²) in [7, 11) is 0. The Bertz CT molecular complexity index is 839. The van der Waals surface area contributed by atoms with Gasteiger partial charge in [-0.2, -0.15) is 4.39 Å². The van der Waals surface area contributed by atoms with Crippen LogP contribution in [-0.2, 0) is 14.3 Å². The number of unbranched alkanes of at least 4 members (excludes halogenated alkanes) is 12. The van der Waals surface area contributed by atoms with E-state index in [1.807, 2.05) is 4.98 Å². The number of H-pyrrole nitrogens is 1. The Hall–Kier alpha value is -2.00. The van der Waals surface area contributed by atoms with Crippen LogP contribution in [0.1, 0.15) is 109 Å². The molecule has 8 nitrogen and oxygen atoms in total. The number of rotatable bonds is 17. The van der Waals surface area contributed by atoms with Gasteiger partial charge in [-0.3, -0.25) is 19.1 Å². The number of ether oxygens (including phenoxy) is 2. The van der Waals surface area contributed by atoms with Crippen molar-refractivity contribution in [3.05, 3.63) is 32.9 Å². The van der Waals surface area contributed by atoms with Crippen molar-refractivity contribution in [2.45, 2.75) is 122 Å². The number of nitrogens with zero attached hydrogens (tertiary/aromatic N) is 1. The predicted molar refractivity (Wildman–Crippen MR) is 127 cm³/mol. The van der Waals surface area contributed by atoms with Crippen molar-refractivity contribution < 1.29 is 23.8 Å². The monoisotopic (exact) mass is 484 g/mol. The van der Waals surface area contributed by atoms with Crippen molar-refractivity contribution >= 4 is 5.97 Å². The summed E-state index contributed by atoms with van der Waals surface area (Å²) in [5.74, 6) is -1.50. The summed E-state index contributed by atoms with van der Waals surface area (Å²) in [6, 6.07) is 0. The van der Waals surface area contributed by atoms with Crippen LogP contribution in [0.2, 0.25) is 0 Å². The summed E-state index contributed by atoms with van der Waals surface area (Å²) < 4.78 is 25.5. The Morgan fingerprint density at radius 3 is 2.18 bits per heavy atom. The third-order valence-corrected chi connectivity index (χ3v) is 6.36. The van der Waals surface area contributed by atoms with Gasteiger partial charge in [0.25, 0.3) is 5.56 Å². The molecule has 2 N–H and O–H groups in total. The average Bonchev–Trinajstić information content (AvgIpc) is 3.21. The molecule has 0 aliphatic carbocycles. The number of aromatic nitrogens is 2. The molecule has 9 heteroatoms. The number of carbonyl (C=O) groups is 1. The van der Waals surface area contributed by atoms with Crippen LogP contribution in [0, 0.1) is 5.82 Å². The molecule has 1 aromatic rings. The zero-order valence-electron chi connectivity index (χ0n) is 20.4. The standard InChI is InChI=1S/C25H41FN2O6/c1-2-3-4-5-6-7-8-9-10-11-12-13-14-15-23(30)34-20-16-22(33-21(20)18-29)28-17-19(26)24(31)27-25(28)32/h17,20-22,29H,2-16,18H2,1H3,(H,27,31,32). The molecule has 0 bridgehead atoms. The highest BCUT2D eigenvalue weighted by Gasteiger charge is 2.39.